The molecule has 0 spiro atoms. The Balaban J connectivity index is 0.00000176. The van der Waals surface area contributed by atoms with E-state index in [4.69, 9.17) is 5.41 Å². The number of thiazole rings is 1. The van der Waals surface area contributed by atoms with E-state index < -0.39 is 6.29 Å². The molecule has 2 aromatic rings. The van der Waals surface area contributed by atoms with Gasteiger partial charge in [-0.1, -0.05) is 0 Å². The third-order valence-corrected chi connectivity index (χ3v) is 3.40. The van der Waals surface area contributed by atoms with E-state index in [1.807, 2.05) is 0 Å². The highest BCUT2D eigenvalue weighted by molar-refractivity contribution is 7.06. The maximum Gasteiger partial charge on any atom is 0.586 e. The van der Waals surface area contributed by atoms with Crippen LogP contribution in [0.15, 0.2) is 29.8 Å². The van der Waals surface area contributed by atoms with E-state index in [0.29, 0.717) is 5.69 Å². The van der Waals surface area contributed by atoms with Crippen LogP contribution in [0.1, 0.15) is 0 Å². The van der Waals surface area contributed by atoms with Gasteiger partial charge in [-0.2, -0.15) is 0 Å². The van der Waals surface area contributed by atoms with Gasteiger partial charge in [0, 0.05) is 23.3 Å². The van der Waals surface area contributed by atoms with E-state index in [9.17, 15) is 13.6 Å². The quantitative estimate of drug-likeness (QED) is 0.893. The van der Waals surface area contributed by atoms with Crippen molar-refractivity contribution in [2.24, 2.45) is 0 Å². The van der Waals surface area contributed by atoms with E-state index >= 15 is 0 Å². The molecule has 1 amide bonds. The number of rotatable bonds is 3. The highest BCUT2D eigenvalue weighted by Gasteiger charge is 2.43. The predicted octanol–water partition coefficient (Wildman–Crippen LogP) is 2.41. The van der Waals surface area contributed by atoms with Gasteiger partial charge in [0.2, 0.25) is 5.91 Å². The van der Waals surface area contributed by atoms with Crippen LogP contribution in [0, 0.1) is 5.41 Å². The molecule has 0 bridgehead atoms. The molecule has 22 heavy (non-hydrogen) atoms. The van der Waals surface area contributed by atoms with Gasteiger partial charge in [0.25, 0.3) is 0 Å². The lowest BCUT2D eigenvalue weighted by Gasteiger charge is -2.06. The van der Waals surface area contributed by atoms with Crippen LogP contribution in [0.2, 0.25) is 0 Å². The Kier molecular flexibility index (Phi) is 4.38. The Bertz CT molecular complexity index is 762. The molecule has 0 saturated carbocycles. The van der Waals surface area contributed by atoms with Crippen molar-refractivity contribution >= 4 is 35.3 Å². The SMILES string of the molecule is Cl.N=c1sccn1CC(=O)Nc1ccc2c(c1)OC(F)(F)O2. The Labute approximate surface area is 133 Å². The van der Waals surface area contributed by atoms with Crippen LogP contribution in [0.5, 0.6) is 11.5 Å². The first kappa shape index (κ1) is 16.2. The lowest BCUT2D eigenvalue weighted by molar-refractivity contribution is -0.286. The summed E-state index contributed by atoms with van der Waals surface area (Å²) in [5.41, 5.74) is 0.308. The summed E-state index contributed by atoms with van der Waals surface area (Å²) in [5.74, 6) is -0.599. The summed E-state index contributed by atoms with van der Waals surface area (Å²) >= 11 is 1.20. The zero-order valence-electron chi connectivity index (χ0n) is 10.8. The number of nitrogens with zero attached hydrogens (tertiary/aromatic N) is 1. The number of anilines is 1. The van der Waals surface area contributed by atoms with Crippen molar-refractivity contribution in [1.82, 2.24) is 4.57 Å². The first-order valence-electron chi connectivity index (χ1n) is 5.81. The van der Waals surface area contributed by atoms with Crippen molar-refractivity contribution < 1.29 is 23.0 Å². The number of hydrogen-bond donors (Lipinski definition) is 2. The van der Waals surface area contributed by atoms with Crippen molar-refractivity contribution in [3.63, 3.8) is 0 Å². The van der Waals surface area contributed by atoms with Crippen molar-refractivity contribution in [3.05, 3.63) is 34.6 Å². The average Bonchev–Trinajstić information content (AvgIpc) is 2.91. The van der Waals surface area contributed by atoms with Gasteiger partial charge in [0.05, 0.1) is 0 Å². The molecule has 10 heteroatoms. The molecule has 1 aliphatic rings. The van der Waals surface area contributed by atoms with Crippen molar-refractivity contribution in [1.29, 1.82) is 5.41 Å². The molecule has 118 valence electrons. The molecule has 3 rings (SSSR count). The number of aromatic nitrogens is 1. The zero-order chi connectivity index (χ0) is 15.0. The lowest BCUT2D eigenvalue weighted by Crippen LogP contribution is -2.26. The van der Waals surface area contributed by atoms with Gasteiger partial charge in [0.1, 0.15) is 6.54 Å². The molecule has 0 saturated heterocycles. The van der Waals surface area contributed by atoms with E-state index in [1.54, 1.807) is 11.6 Å². The molecule has 1 aromatic carbocycles. The van der Waals surface area contributed by atoms with Crippen LogP contribution >= 0.6 is 23.7 Å². The van der Waals surface area contributed by atoms with Gasteiger partial charge in [0.15, 0.2) is 16.3 Å². The highest BCUT2D eigenvalue weighted by Crippen LogP contribution is 2.42. The number of nitrogens with one attached hydrogen (secondary N) is 2. The second-order valence-electron chi connectivity index (χ2n) is 4.21. The first-order valence-corrected chi connectivity index (χ1v) is 6.69. The van der Waals surface area contributed by atoms with Gasteiger partial charge in [-0.25, -0.2) is 0 Å². The number of halogens is 3. The summed E-state index contributed by atoms with van der Waals surface area (Å²) < 4.78 is 35.8. The zero-order valence-corrected chi connectivity index (χ0v) is 12.5. The number of fused-ring (bicyclic) bond motifs is 1. The van der Waals surface area contributed by atoms with Crippen LogP contribution in [-0.2, 0) is 11.3 Å². The monoisotopic (exact) mass is 349 g/mol. The second kappa shape index (κ2) is 5.93. The van der Waals surface area contributed by atoms with Crippen molar-refractivity contribution in [3.8, 4) is 11.5 Å². The topological polar surface area (TPSA) is 76.3 Å². The van der Waals surface area contributed by atoms with Crippen LogP contribution in [-0.4, -0.2) is 16.8 Å². The number of carbonyl (C=O) groups excluding carboxylic acids is 1. The van der Waals surface area contributed by atoms with Crippen LogP contribution in [0.25, 0.3) is 0 Å². The standard InChI is InChI=1S/C12H9F2N3O3S.ClH/c13-12(14)19-8-2-1-7(5-9(8)20-12)16-10(18)6-17-3-4-21-11(17)15;/h1-5,15H,6H2,(H,16,18);1H. The molecule has 2 heterocycles. The number of alkyl halides is 2. The normalized spacial score (nSPS) is 14.3. The molecular formula is C12H10ClF2N3O3S. The van der Waals surface area contributed by atoms with Gasteiger partial charge in [-0.3, -0.25) is 10.2 Å². The van der Waals surface area contributed by atoms with E-state index in [0.717, 1.165) is 0 Å². The second-order valence-corrected chi connectivity index (χ2v) is 5.11. The van der Waals surface area contributed by atoms with E-state index in [-0.39, 0.29) is 41.2 Å². The molecule has 0 unspecified atom stereocenters. The number of ether oxygens (including phenoxy) is 2. The molecule has 1 aliphatic heterocycles. The molecule has 2 N–H and O–H groups in total. The van der Waals surface area contributed by atoms with E-state index in [2.05, 4.69) is 14.8 Å². The first-order chi connectivity index (χ1) is 9.93. The molecule has 0 aliphatic carbocycles. The van der Waals surface area contributed by atoms with Gasteiger partial charge in [-0.15, -0.1) is 32.5 Å². The summed E-state index contributed by atoms with van der Waals surface area (Å²) in [6.07, 6.45) is -2.07. The minimum absolute atomic E-state index is 0. The Morgan fingerprint density at radius 1 is 1.36 bits per heavy atom. The molecule has 0 atom stereocenters. The molecule has 0 radical (unpaired) electrons. The minimum Gasteiger partial charge on any atom is -0.395 e. The predicted molar refractivity (Wildman–Crippen MR) is 76.7 cm³/mol. The van der Waals surface area contributed by atoms with Crippen LogP contribution in [0.4, 0.5) is 14.5 Å². The third-order valence-electron chi connectivity index (χ3n) is 2.68. The van der Waals surface area contributed by atoms with E-state index in [1.165, 1.54) is 34.1 Å². The number of carbonyl (C=O) groups is 1. The lowest BCUT2D eigenvalue weighted by atomic mass is 10.3. The van der Waals surface area contributed by atoms with Crippen LogP contribution < -0.4 is 19.6 Å². The Hall–Kier alpha value is -2.13. The fraction of sp³-hybridized carbons (Fsp3) is 0.167. The molecule has 0 fully saturated rings. The van der Waals surface area contributed by atoms with Crippen LogP contribution in [0.3, 0.4) is 0 Å². The van der Waals surface area contributed by atoms with Crippen molar-refractivity contribution in [2.75, 3.05) is 5.32 Å². The van der Waals surface area contributed by atoms with Crippen molar-refractivity contribution in [2.45, 2.75) is 12.8 Å². The summed E-state index contributed by atoms with van der Waals surface area (Å²) in [6.45, 7) is -0.0348. The number of benzene rings is 1. The fourth-order valence-corrected chi connectivity index (χ4v) is 2.41. The Morgan fingerprint density at radius 3 is 2.77 bits per heavy atom. The molecule has 1 aromatic heterocycles. The largest absolute Gasteiger partial charge is 0.586 e. The highest BCUT2D eigenvalue weighted by atomic mass is 35.5. The summed E-state index contributed by atoms with van der Waals surface area (Å²) in [4.78, 5) is 12.1. The minimum atomic E-state index is -3.68. The maximum absolute atomic E-state index is 12.9. The third kappa shape index (κ3) is 3.37. The fourth-order valence-electron chi connectivity index (χ4n) is 1.81. The maximum atomic E-state index is 12.9. The van der Waals surface area contributed by atoms with Gasteiger partial charge < -0.3 is 19.4 Å². The number of amides is 1. The molecular weight excluding hydrogens is 340 g/mol. The number of hydrogen-bond acceptors (Lipinski definition) is 5. The molecule has 6 nitrogen and oxygen atoms in total. The Morgan fingerprint density at radius 2 is 2.09 bits per heavy atom. The average molecular weight is 350 g/mol. The summed E-state index contributed by atoms with van der Waals surface area (Å²) in [7, 11) is 0. The van der Waals surface area contributed by atoms with Gasteiger partial charge >= 0.3 is 6.29 Å². The summed E-state index contributed by atoms with van der Waals surface area (Å²) in [5, 5.41) is 11.8. The smallest absolute Gasteiger partial charge is 0.395 e. The summed E-state index contributed by atoms with van der Waals surface area (Å²) in [6, 6.07) is 3.98. The van der Waals surface area contributed by atoms with Gasteiger partial charge in [-0.05, 0) is 12.1 Å².